The number of hydrogen-bond acceptors (Lipinski definition) is 4. The maximum Gasteiger partial charge on any atom is 0.438 e. The molecule has 2 aliphatic carbocycles. The van der Waals surface area contributed by atoms with E-state index in [1.54, 1.807) is 0 Å². The zero-order valence-corrected chi connectivity index (χ0v) is 12.2. The average molecular weight is 268 g/mol. The van der Waals surface area contributed by atoms with Crippen molar-refractivity contribution in [1.29, 1.82) is 0 Å². The van der Waals surface area contributed by atoms with Crippen LogP contribution < -0.4 is 0 Å². The molecule has 2 atom stereocenters. The molecule has 3 fully saturated rings. The Kier molecular flexibility index (Phi) is 3.91. The molecule has 0 aromatic carbocycles. The monoisotopic (exact) mass is 268 g/mol. The Bertz CT molecular complexity index is 281. The molecule has 3 aliphatic rings. The lowest BCUT2D eigenvalue weighted by atomic mass is 9.81. The Hall–Kier alpha value is -0.0951. The molecule has 0 unspecified atom stereocenters. The van der Waals surface area contributed by atoms with Crippen LogP contribution in [0.2, 0.25) is 0 Å². The zero-order valence-electron chi connectivity index (χ0n) is 12.2. The summed E-state index contributed by atoms with van der Waals surface area (Å²) in [4.78, 5) is 0. The van der Waals surface area contributed by atoms with Gasteiger partial charge in [0.15, 0.2) is 0 Å². The molecule has 5 heteroatoms. The highest BCUT2D eigenvalue weighted by Crippen LogP contribution is 2.47. The van der Waals surface area contributed by atoms with Crippen molar-refractivity contribution in [1.82, 2.24) is 0 Å². The van der Waals surface area contributed by atoms with Gasteiger partial charge in [0, 0.05) is 14.2 Å². The molecule has 1 heterocycles. The molecule has 0 aromatic heterocycles. The fourth-order valence-corrected chi connectivity index (χ4v) is 4.37. The second-order valence-corrected chi connectivity index (χ2v) is 6.24. The molecule has 19 heavy (non-hydrogen) atoms. The third-order valence-corrected chi connectivity index (χ3v) is 5.52. The fraction of sp³-hybridized carbons (Fsp3) is 1.00. The predicted octanol–water partition coefficient (Wildman–Crippen LogP) is 1.96. The largest absolute Gasteiger partial charge is 0.438 e. The highest BCUT2D eigenvalue weighted by molar-refractivity contribution is 6.19. The van der Waals surface area contributed by atoms with Gasteiger partial charge in [0.05, 0.1) is 23.4 Å². The third-order valence-electron chi connectivity index (χ3n) is 5.52. The van der Waals surface area contributed by atoms with Gasteiger partial charge in [0.25, 0.3) is 0 Å². The van der Waals surface area contributed by atoms with Gasteiger partial charge < -0.3 is 18.8 Å². The Morgan fingerprint density at radius 3 is 1.47 bits per heavy atom. The van der Waals surface area contributed by atoms with Gasteiger partial charge in [-0.2, -0.15) is 0 Å². The lowest BCUT2D eigenvalue weighted by Gasteiger charge is -2.43. The van der Waals surface area contributed by atoms with E-state index in [9.17, 15) is 0 Å². The molecule has 2 saturated carbocycles. The van der Waals surface area contributed by atoms with Crippen molar-refractivity contribution < 1.29 is 18.8 Å². The second-order valence-electron chi connectivity index (χ2n) is 6.24. The maximum absolute atomic E-state index is 5.96. The fourth-order valence-electron chi connectivity index (χ4n) is 4.37. The summed E-state index contributed by atoms with van der Waals surface area (Å²) < 4.78 is 23.7. The van der Waals surface area contributed by atoms with Crippen molar-refractivity contribution in [2.45, 2.75) is 74.8 Å². The summed E-state index contributed by atoms with van der Waals surface area (Å²) in [7, 11) is 4.02. The lowest BCUT2D eigenvalue weighted by Crippen LogP contribution is -2.56. The standard InChI is InChI=1S/C14H25BO4/c1-16-13(7-3-4-8-13)11-12(19-15-18-11)14(17-2)9-5-6-10-14/h11-12,15H,3-10H2,1-2H3/t11-,12-/m0/s1. The van der Waals surface area contributed by atoms with Gasteiger partial charge in [-0.15, -0.1) is 0 Å². The third kappa shape index (κ3) is 2.15. The van der Waals surface area contributed by atoms with Crippen molar-refractivity contribution >= 4 is 7.69 Å². The molecule has 1 saturated heterocycles. The Balaban J connectivity index is 1.84. The highest BCUT2D eigenvalue weighted by Gasteiger charge is 2.57. The minimum absolute atomic E-state index is 0.0260. The van der Waals surface area contributed by atoms with Gasteiger partial charge in [0.1, 0.15) is 0 Å². The summed E-state index contributed by atoms with van der Waals surface area (Å²) >= 11 is 0. The summed E-state index contributed by atoms with van der Waals surface area (Å²) in [6, 6.07) is 0. The molecule has 3 rings (SSSR count). The second kappa shape index (κ2) is 5.36. The quantitative estimate of drug-likeness (QED) is 0.730. The molecule has 0 spiro atoms. The van der Waals surface area contributed by atoms with Gasteiger partial charge in [-0.05, 0) is 25.7 Å². The van der Waals surface area contributed by atoms with Gasteiger partial charge in [0.2, 0.25) is 0 Å². The van der Waals surface area contributed by atoms with Crippen LogP contribution >= 0.6 is 0 Å². The van der Waals surface area contributed by atoms with Crippen LogP contribution in [0, 0.1) is 0 Å². The van der Waals surface area contributed by atoms with Crippen LogP contribution in [0.1, 0.15) is 51.4 Å². The number of ether oxygens (including phenoxy) is 2. The molecule has 4 nitrogen and oxygen atoms in total. The summed E-state index contributed by atoms with van der Waals surface area (Å²) in [5.41, 5.74) is -0.315. The SMILES string of the molecule is COC1([C@H]2OBO[C@@H]2C2(OC)CCCC2)CCCC1. The van der Waals surface area contributed by atoms with Crippen LogP contribution in [-0.2, 0) is 18.8 Å². The van der Waals surface area contributed by atoms with Crippen molar-refractivity contribution in [3.63, 3.8) is 0 Å². The zero-order chi connectivity index (χ0) is 13.3. The lowest BCUT2D eigenvalue weighted by molar-refractivity contribution is -0.153. The Morgan fingerprint density at radius 2 is 1.16 bits per heavy atom. The van der Waals surface area contributed by atoms with Crippen LogP contribution in [0.5, 0.6) is 0 Å². The topological polar surface area (TPSA) is 36.9 Å². The molecule has 108 valence electrons. The average Bonchev–Trinajstić information content (AvgIpc) is 3.18. The molecular weight excluding hydrogens is 243 g/mol. The number of methoxy groups -OCH3 is 2. The van der Waals surface area contributed by atoms with E-state index in [1.165, 1.54) is 25.7 Å². The van der Waals surface area contributed by atoms with Crippen LogP contribution in [0.15, 0.2) is 0 Å². The number of hydrogen-bond donors (Lipinski definition) is 0. The Labute approximate surface area is 116 Å². The van der Waals surface area contributed by atoms with Crippen LogP contribution in [-0.4, -0.2) is 45.3 Å². The van der Waals surface area contributed by atoms with Crippen molar-refractivity contribution in [2.24, 2.45) is 0 Å². The van der Waals surface area contributed by atoms with E-state index >= 15 is 0 Å². The summed E-state index contributed by atoms with van der Waals surface area (Å²) in [5.74, 6) is 0. The van der Waals surface area contributed by atoms with Crippen molar-refractivity contribution in [3.05, 3.63) is 0 Å². The van der Waals surface area contributed by atoms with E-state index in [4.69, 9.17) is 18.8 Å². The van der Waals surface area contributed by atoms with E-state index in [1.807, 2.05) is 14.2 Å². The van der Waals surface area contributed by atoms with E-state index in [0.717, 1.165) is 25.7 Å². The van der Waals surface area contributed by atoms with Gasteiger partial charge in [-0.1, -0.05) is 25.7 Å². The first-order chi connectivity index (χ1) is 9.26. The molecule has 0 aromatic rings. The normalized spacial score (nSPS) is 36.5. The van der Waals surface area contributed by atoms with Crippen molar-refractivity contribution in [3.8, 4) is 0 Å². The minimum Gasteiger partial charge on any atom is -0.405 e. The predicted molar refractivity (Wildman–Crippen MR) is 73.3 cm³/mol. The van der Waals surface area contributed by atoms with E-state index < -0.39 is 0 Å². The highest BCUT2D eigenvalue weighted by atomic mass is 16.7. The molecule has 0 radical (unpaired) electrons. The number of rotatable bonds is 4. The summed E-state index contributed by atoms with van der Waals surface area (Å²) in [6.45, 7) is 0. The molecule has 0 N–H and O–H groups in total. The van der Waals surface area contributed by atoms with Crippen LogP contribution in [0.3, 0.4) is 0 Å². The first-order valence-electron chi connectivity index (χ1n) is 7.60. The first kappa shape index (κ1) is 13.9. The molecule has 0 amide bonds. The van der Waals surface area contributed by atoms with E-state index in [2.05, 4.69) is 0 Å². The molecular formula is C14H25BO4. The Morgan fingerprint density at radius 1 is 0.789 bits per heavy atom. The van der Waals surface area contributed by atoms with E-state index in [-0.39, 0.29) is 23.4 Å². The first-order valence-corrected chi connectivity index (χ1v) is 7.60. The van der Waals surface area contributed by atoms with E-state index in [0.29, 0.717) is 7.69 Å². The van der Waals surface area contributed by atoms with Gasteiger partial charge >= 0.3 is 7.69 Å². The summed E-state index contributed by atoms with van der Waals surface area (Å²) in [5, 5.41) is 0. The molecule has 0 bridgehead atoms. The van der Waals surface area contributed by atoms with Crippen molar-refractivity contribution in [2.75, 3.05) is 14.2 Å². The van der Waals surface area contributed by atoms with Gasteiger partial charge in [-0.3, -0.25) is 0 Å². The minimum atomic E-state index is -0.157. The van der Waals surface area contributed by atoms with Crippen LogP contribution in [0.4, 0.5) is 0 Å². The molecule has 1 aliphatic heterocycles. The van der Waals surface area contributed by atoms with Gasteiger partial charge in [-0.25, -0.2) is 0 Å². The smallest absolute Gasteiger partial charge is 0.405 e. The maximum atomic E-state index is 5.96. The van der Waals surface area contributed by atoms with Crippen LogP contribution in [0.25, 0.3) is 0 Å². The summed E-state index contributed by atoms with van der Waals surface area (Å²) in [6.07, 6.45) is 9.25.